The zero-order valence-corrected chi connectivity index (χ0v) is 15.7. The molecular weight excluding hydrogens is 312 g/mol. The number of methoxy groups -OCH3 is 1. The van der Waals surface area contributed by atoms with E-state index in [1.165, 1.54) is 43.7 Å². The first kappa shape index (κ1) is 16.9. The first-order chi connectivity index (χ1) is 12.0. The van der Waals surface area contributed by atoms with Crippen LogP contribution < -0.4 is 4.74 Å². The third-order valence-corrected chi connectivity index (χ3v) is 7.47. The zero-order valence-electron chi connectivity index (χ0n) is 15.7. The van der Waals surface area contributed by atoms with Gasteiger partial charge in [-0.2, -0.15) is 0 Å². The van der Waals surface area contributed by atoms with Crippen molar-refractivity contribution < 1.29 is 14.3 Å². The van der Waals surface area contributed by atoms with Crippen molar-refractivity contribution in [3.8, 4) is 5.75 Å². The fourth-order valence-corrected chi connectivity index (χ4v) is 6.29. The topological polar surface area (TPSA) is 35.5 Å². The number of esters is 1. The molecule has 1 aromatic rings. The van der Waals surface area contributed by atoms with E-state index in [2.05, 4.69) is 25.1 Å². The number of hydrogen-bond donors (Lipinski definition) is 0. The maximum absolute atomic E-state index is 11.3. The highest BCUT2D eigenvalue weighted by Gasteiger charge is 2.52. The van der Waals surface area contributed by atoms with E-state index in [0.717, 1.165) is 30.9 Å². The van der Waals surface area contributed by atoms with Gasteiger partial charge in [-0.05, 0) is 85.3 Å². The van der Waals surface area contributed by atoms with Gasteiger partial charge in [-0.25, -0.2) is 0 Å². The number of hydrogen-bond acceptors (Lipinski definition) is 3. The fourth-order valence-electron chi connectivity index (χ4n) is 6.29. The molecule has 0 saturated heterocycles. The van der Waals surface area contributed by atoms with E-state index in [1.54, 1.807) is 7.11 Å². The Morgan fingerprint density at radius 2 is 2.04 bits per heavy atom. The molecule has 0 unspecified atom stereocenters. The molecule has 0 radical (unpaired) electrons. The maximum atomic E-state index is 11.3. The minimum atomic E-state index is -0.124. The average Bonchev–Trinajstić information content (AvgIpc) is 2.60. The number of benzene rings is 1. The molecule has 0 aliphatic heterocycles. The number of carbonyl (C=O) groups excluding carboxylic acids is 1. The summed E-state index contributed by atoms with van der Waals surface area (Å²) in [7, 11) is 1.79. The second kappa shape index (κ2) is 6.34. The highest BCUT2D eigenvalue weighted by atomic mass is 16.5. The molecule has 0 heterocycles. The summed E-state index contributed by atoms with van der Waals surface area (Å²) in [6.07, 6.45) is 8.34. The minimum Gasteiger partial charge on any atom is -0.496 e. The molecule has 3 aliphatic rings. The smallest absolute Gasteiger partial charge is 0.302 e. The van der Waals surface area contributed by atoms with Gasteiger partial charge in [-0.1, -0.05) is 19.1 Å². The van der Waals surface area contributed by atoms with Gasteiger partial charge < -0.3 is 9.47 Å². The summed E-state index contributed by atoms with van der Waals surface area (Å²) in [6.45, 7) is 4.06. The van der Waals surface area contributed by atoms with Gasteiger partial charge in [-0.15, -0.1) is 0 Å². The van der Waals surface area contributed by atoms with Crippen LogP contribution in [0.4, 0.5) is 0 Å². The van der Waals surface area contributed by atoms with Crippen LogP contribution in [0.25, 0.3) is 0 Å². The summed E-state index contributed by atoms with van der Waals surface area (Å²) >= 11 is 0. The molecule has 3 aliphatic carbocycles. The average molecular weight is 342 g/mol. The Morgan fingerprint density at radius 3 is 2.80 bits per heavy atom. The van der Waals surface area contributed by atoms with Gasteiger partial charge >= 0.3 is 5.97 Å². The first-order valence-corrected chi connectivity index (χ1v) is 9.86. The summed E-state index contributed by atoms with van der Waals surface area (Å²) in [5.74, 6) is 3.07. The quantitative estimate of drug-likeness (QED) is 0.719. The van der Waals surface area contributed by atoms with Gasteiger partial charge in [0.1, 0.15) is 11.9 Å². The maximum Gasteiger partial charge on any atom is 0.302 e. The molecule has 1 aromatic carbocycles. The first-order valence-electron chi connectivity index (χ1n) is 9.86. The van der Waals surface area contributed by atoms with Gasteiger partial charge in [-0.3, -0.25) is 4.79 Å². The number of rotatable bonds is 2. The van der Waals surface area contributed by atoms with Crippen molar-refractivity contribution in [3.63, 3.8) is 0 Å². The van der Waals surface area contributed by atoms with Crippen molar-refractivity contribution in [2.24, 2.45) is 17.3 Å². The molecule has 5 atom stereocenters. The van der Waals surface area contributed by atoms with E-state index in [1.807, 2.05) is 0 Å². The van der Waals surface area contributed by atoms with Crippen LogP contribution in [0.1, 0.15) is 69.4 Å². The predicted molar refractivity (Wildman–Crippen MR) is 97.8 cm³/mol. The third-order valence-electron chi connectivity index (χ3n) is 7.47. The second-order valence-electron chi connectivity index (χ2n) is 8.57. The van der Waals surface area contributed by atoms with Crippen LogP contribution in [0.3, 0.4) is 0 Å². The van der Waals surface area contributed by atoms with Crippen molar-refractivity contribution in [1.29, 1.82) is 0 Å². The molecule has 3 heteroatoms. The van der Waals surface area contributed by atoms with Crippen LogP contribution in [-0.2, 0) is 16.0 Å². The molecule has 3 nitrogen and oxygen atoms in total. The molecule has 4 rings (SSSR count). The van der Waals surface area contributed by atoms with Gasteiger partial charge in [0, 0.05) is 6.92 Å². The minimum absolute atomic E-state index is 0.124. The summed E-state index contributed by atoms with van der Waals surface area (Å²) in [6, 6.07) is 6.60. The number of carbonyl (C=O) groups is 1. The van der Waals surface area contributed by atoms with Crippen molar-refractivity contribution in [2.75, 3.05) is 7.11 Å². The lowest BCUT2D eigenvalue weighted by atomic mass is 9.49. The largest absolute Gasteiger partial charge is 0.496 e. The van der Waals surface area contributed by atoms with E-state index in [-0.39, 0.29) is 12.1 Å². The Balaban J connectivity index is 1.60. The molecule has 25 heavy (non-hydrogen) atoms. The Hall–Kier alpha value is -1.51. The second-order valence-corrected chi connectivity index (χ2v) is 8.57. The highest BCUT2D eigenvalue weighted by molar-refractivity contribution is 5.66. The van der Waals surface area contributed by atoms with Crippen LogP contribution >= 0.6 is 0 Å². The molecule has 0 amide bonds. The molecule has 2 fully saturated rings. The molecular formula is C22H30O3. The van der Waals surface area contributed by atoms with Crippen molar-refractivity contribution in [3.05, 3.63) is 29.3 Å². The molecule has 136 valence electrons. The lowest BCUT2D eigenvalue weighted by Gasteiger charge is -2.56. The van der Waals surface area contributed by atoms with Crippen molar-refractivity contribution >= 4 is 5.97 Å². The lowest BCUT2D eigenvalue weighted by molar-refractivity contribution is -0.153. The molecule has 0 spiro atoms. The number of ether oxygens (including phenoxy) is 2. The molecule has 0 bridgehead atoms. The van der Waals surface area contributed by atoms with E-state index in [0.29, 0.717) is 17.3 Å². The normalized spacial score (nSPS) is 36.6. The van der Waals surface area contributed by atoms with Crippen LogP contribution in [-0.4, -0.2) is 19.2 Å². The standard InChI is InChI=1S/C22H30O3/c1-14(23)25-16-11-12-22(2)15(13-16)7-8-18-17-5-4-6-21(24-3)19(17)9-10-20(18)22/h4-6,15-16,18,20H,7-13H2,1-3H3/t15-,16-,18+,20+,22+/m1/s1. The van der Waals surface area contributed by atoms with E-state index in [9.17, 15) is 4.79 Å². The molecule has 0 N–H and O–H groups in total. The van der Waals surface area contributed by atoms with Crippen molar-refractivity contribution in [2.45, 2.75) is 70.8 Å². The predicted octanol–water partition coefficient (Wildman–Crippen LogP) is 4.87. The Morgan fingerprint density at radius 1 is 1.20 bits per heavy atom. The third kappa shape index (κ3) is 2.76. The van der Waals surface area contributed by atoms with Gasteiger partial charge in [0.15, 0.2) is 0 Å². The zero-order chi connectivity index (χ0) is 17.6. The Kier molecular flexibility index (Phi) is 4.29. The lowest BCUT2D eigenvalue weighted by Crippen LogP contribution is -2.49. The Bertz CT molecular complexity index is 667. The summed E-state index contributed by atoms with van der Waals surface area (Å²) < 4.78 is 11.2. The Labute approximate surface area is 151 Å². The van der Waals surface area contributed by atoms with Crippen LogP contribution in [0, 0.1) is 17.3 Å². The monoisotopic (exact) mass is 342 g/mol. The van der Waals surface area contributed by atoms with Gasteiger partial charge in [0.25, 0.3) is 0 Å². The van der Waals surface area contributed by atoms with Crippen molar-refractivity contribution in [1.82, 2.24) is 0 Å². The summed E-state index contributed by atoms with van der Waals surface area (Å²) in [5.41, 5.74) is 3.37. The highest BCUT2D eigenvalue weighted by Crippen LogP contribution is 2.61. The summed E-state index contributed by atoms with van der Waals surface area (Å²) in [4.78, 5) is 11.3. The van der Waals surface area contributed by atoms with E-state index < -0.39 is 0 Å². The SMILES string of the molecule is COc1cccc2c1CC[C@H]1[C@H]2CC[C@@H]2C[C@H](OC(C)=O)CC[C@@]21C. The fraction of sp³-hybridized carbons (Fsp3) is 0.682. The van der Waals surface area contributed by atoms with Crippen LogP contribution in [0.15, 0.2) is 18.2 Å². The molecule has 0 aromatic heterocycles. The van der Waals surface area contributed by atoms with E-state index in [4.69, 9.17) is 9.47 Å². The van der Waals surface area contributed by atoms with E-state index >= 15 is 0 Å². The summed E-state index contributed by atoms with van der Waals surface area (Å²) in [5, 5.41) is 0. The van der Waals surface area contributed by atoms with Crippen LogP contribution in [0.5, 0.6) is 5.75 Å². The van der Waals surface area contributed by atoms with Gasteiger partial charge in [0.05, 0.1) is 7.11 Å². The molecule has 2 saturated carbocycles. The van der Waals surface area contributed by atoms with Crippen LogP contribution in [0.2, 0.25) is 0 Å². The number of fused-ring (bicyclic) bond motifs is 5. The van der Waals surface area contributed by atoms with Gasteiger partial charge in [0.2, 0.25) is 0 Å².